The van der Waals surface area contributed by atoms with Gasteiger partial charge in [-0.25, -0.2) is 8.42 Å². The second kappa shape index (κ2) is 6.35. The minimum atomic E-state index is -2.88. The molecule has 100 valence electrons. The topological polar surface area (TPSA) is 66.5 Å². The fourth-order valence-corrected chi connectivity index (χ4v) is 3.84. The number of carbonyl (C=O) groups excluding carboxylic acids is 1. The number of amides is 1. The third kappa shape index (κ3) is 4.63. The van der Waals surface area contributed by atoms with E-state index in [2.05, 4.69) is 12.2 Å². The number of hydrogen-bond acceptors (Lipinski definition) is 4. The van der Waals surface area contributed by atoms with Gasteiger partial charge in [0.2, 0.25) is 5.91 Å². The standard InChI is InChI=1S/C11H22N2O3S/c1-3-4-6-13(8-11(14)12-2)10-5-7-17(15,16)9-10/h10H,3-9H2,1-2H3,(H,12,14). The molecule has 1 fully saturated rings. The van der Waals surface area contributed by atoms with E-state index in [9.17, 15) is 13.2 Å². The van der Waals surface area contributed by atoms with Gasteiger partial charge in [0.1, 0.15) is 0 Å². The Hall–Kier alpha value is -0.620. The minimum Gasteiger partial charge on any atom is -0.358 e. The second-order valence-electron chi connectivity index (χ2n) is 4.55. The molecule has 0 aromatic carbocycles. The summed E-state index contributed by atoms with van der Waals surface area (Å²) in [5, 5.41) is 2.59. The van der Waals surface area contributed by atoms with Gasteiger partial charge >= 0.3 is 0 Å². The Morgan fingerprint density at radius 3 is 2.65 bits per heavy atom. The first kappa shape index (κ1) is 14.4. The average Bonchev–Trinajstić information content (AvgIpc) is 2.64. The van der Waals surface area contributed by atoms with Crippen LogP contribution in [0.2, 0.25) is 0 Å². The zero-order valence-electron chi connectivity index (χ0n) is 10.6. The van der Waals surface area contributed by atoms with Crippen molar-refractivity contribution in [3.63, 3.8) is 0 Å². The van der Waals surface area contributed by atoms with Crippen molar-refractivity contribution in [2.75, 3.05) is 31.6 Å². The number of sulfone groups is 1. The van der Waals surface area contributed by atoms with Gasteiger partial charge < -0.3 is 5.32 Å². The Kier molecular flexibility index (Phi) is 5.39. The molecule has 0 aliphatic carbocycles. The molecule has 1 heterocycles. The lowest BCUT2D eigenvalue weighted by atomic mass is 10.2. The number of hydrogen-bond donors (Lipinski definition) is 1. The fourth-order valence-electron chi connectivity index (χ4n) is 2.08. The summed E-state index contributed by atoms with van der Waals surface area (Å²) in [5.41, 5.74) is 0. The quantitative estimate of drug-likeness (QED) is 0.733. The number of nitrogens with one attached hydrogen (secondary N) is 1. The van der Waals surface area contributed by atoms with Crippen molar-refractivity contribution in [1.29, 1.82) is 0 Å². The summed E-state index contributed by atoms with van der Waals surface area (Å²) in [4.78, 5) is 13.4. The van der Waals surface area contributed by atoms with Crippen LogP contribution >= 0.6 is 0 Å². The maximum Gasteiger partial charge on any atom is 0.233 e. The summed E-state index contributed by atoms with van der Waals surface area (Å²) in [6.45, 7) is 3.18. The zero-order chi connectivity index (χ0) is 12.9. The molecule has 6 heteroatoms. The van der Waals surface area contributed by atoms with Crippen LogP contribution < -0.4 is 5.32 Å². The largest absolute Gasteiger partial charge is 0.358 e. The molecular formula is C11H22N2O3S. The van der Waals surface area contributed by atoms with E-state index in [1.165, 1.54) is 0 Å². The van der Waals surface area contributed by atoms with Crippen LogP contribution in [0.25, 0.3) is 0 Å². The van der Waals surface area contributed by atoms with Gasteiger partial charge in [-0.1, -0.05) is 13.3 Å². The summed E-state index contributed by atoms with van der Waals surface area (Å²) in [5.74, 6) is 0.410. The second-order valence-corrected chi connectivity index (χ2v) is 6.78. The molecular weight excluding hydrogens is 240 g/mol. The Labute approximate surface area is 103 Å². The molecule has 1 atom stereocenters. The monoisotopic (exact) mass is 262 g/mol. The Morgan fingerprint density at radius 1 is 1.47 bits per heavy atom. The van der Waals surface area contributed by atoms with Gasteiger partial charge in [-0.15, -0.1) is 0 Å². The molecule has 1 saturated heterocycles. The number of carbonyl (C=O) groups is 1. The molecule has 0 saturated carbocycles. The van der Waals surface area contributed by atoms with Gasteiger partial charge in [-0.05, 0) is 19.4 Å². The molecule has 1 amide bonds. The number of likely N-dealkylation sites (N-methyl/N-ethyl adjacent to an activating group) is 1. The predicted octanol–water partition coefficient (Wildman–Crippen LogP) is 0.0216. The van der Waals surface area contributed by atoms with E-state index in [4.69, 9.17) is 0 Å². The van der Waals surface area contributed by atoms with E-state index in [0.717, 1.165) is 19.4 Å². The van der Waals surface area contributed by atoms with Crippen LogP contribution in [-0.4, -0.2) is 56.9 Å². The van der Waals surface area contributed by atoms with Crippen molar-refractivity contribution in [2.24, 2.45) is 0 Å². The summed E-state index contributed by atoms with van der Waals surface area (Å²) < 4.78 is 22.9. The molecule has 1 aliphatic heterocycles. The SMILES string of the molecule is CCCCN(CC(=O)NC)C1CCS(=O)(=O)C1. The van der Waals surface area contributed by atoms with Crippen LogP contribution in [0.4, 0.5) is 0 Å². The normalized spacial score (nSPS) is 22.9. The van der Waals surface area contributed by atoms with Crippen molar-refractivity contribution < 1.29 is 13.2 Å². The van der Waals surface area contributed by atoms with Crippen LogP contribution in [0.15, 0.2) is 0 Å². The van der Waals surface area contributed by atoms with Gasteiger partial charge in [-0.3, -0.25) is 9.69 Å². The zero-order valence-corrected chi connectivity index (χ0v) is 11.4. The van der Waals surface area contributed by atoms with Gasteiger partial charge in [0.15, 0.2) is 9.84 Å². The van der Waals surface area contributed by atoms with Crippen LogP contribution in [0.3, 0.4) is 0 Å². The number of unbranched alkanes of at least 4 members (excludes halogenated alkanes) is 1. The van der Waals surface area contributed by atoms with Crippen LogP contribution in [0, 0.1) is 0 Å². The molecule has 1 aliphatic rings. The highest BCUT2D eigenvalue weighted by Gasteiger charge is 2.32. The van der Waals surface area contributed by atoms with E-state index in [1.54, 1.807) is 7.05 Å². The lowest BCUT2D eigenvalue weighted by molar-refractivity contribution is -0.122. The molecule has 0 radical (unpaired) electrons. The molecule has 0 aromatic heterocycles. The Bertz CT molecular complexity index is 354. The smallest absolute Gasteiger partial charge is 0.233 e. The number of nitrogens with zero attached hydrogens (tertiary/aromatic N) is 1. The first-order chi connectivity index (χ1) is 7.98. The van der Waals surface area contributed by atoms with Gasteiger partial charge in [0.05, 0.1) is 18.1 Å². The lowest BCUT2D eigenvalue weighted by Crippen LogP contribution is -2.43. The van der Waals surface area contributed by atoms with E-state index in [-0.39, 0.29) is 23.5 Å². The highest BCUT2D eigenvalue weighted by molar-refractivity contribution is 7.91. The Morgan fingerprint density at radius 2 is 2.18 bits per heavy atom. The first-order valence-corrected chi connectivity index (χ1v) is 7.95. The van der Waals surface area contributed by atoms with Crippen molar-refractivity contribution in [2.45, 2.75) is 32.2 Å². The van der Waals surface area contributed by atoms with E-state index >= 15 is 0 Å². The molecule has 1 rings (SSSR count). The maximum absolute atomic E-state index is 11.4. The van der Waals surface area contributed by atoms with Crippen molar-refractivity contribution >= 4 is 15.7 Å². The summed E-state index contributed by atoms with van der Waals surface area (Å²) in [7, 11) is -1.28. The molecule has 0 bridgehead atoms. The molecule has 5 nitrogen and oxygen atoms in total. The van der Waals surface area contributed by atoms with Crippen LogP contribution in [0.1, 0.15) is 26.2 Å². The lowest BCUT2D eigenvalue weighted by Gasteiger charge is -2.26. The molecule has 1 unspecified atom stereocenters. The van der Waals surface area contributed by atoms with Crippen molar-refractivity contribution in [1.82, 2.24) is 10.2 Å². The van der Waals surface area contributed by atoms with Gasteiger partial charge in [-0.2, -0.15) is 0 Å². The first-order valence-electron chi connectivity index (χ1n) is 6.13. The van der Waals surface area contributed by atoms with Crippen molar-refractivity contribution in [3.8, 4) is 0 Å². The summed E-state index contributed by atoms with van der Waals surface area (Å²) >= 11 is 0. The third-order valence-electron chi connectivity index (χ3n) is 3.15. The minimum absolute atomic E-state index is 0.0175. The maximum atomic E-state index is 11.4. The van der Waals surface area contributed by atoms with E-state index in [0.29, 0.717) is 13.0 Å². The molecule has 0 aromatic rings. The highest BCUT2D eigenvalue weighted by atomic mass is 32.2. The van der Waals surface area contributed by atoms with Crippen molar-refractivity contribution in [3.05, 3.63) is 0 Å². The van der Waals surface area contributed by atoms with E-state index < -0.39 is 9.84 Å². The third-order valence-corrected chi connectivity index (χ3v) is 4.90. The van der Waals surface area contributed by atoms with Gasteiger partial charge in [0.25, 0.3) is 0 Å². The summed E-state index contributed by atoms with van der Waals surface area (Å²) in [6.07, 6.45) is 2.69. The summed E-state index contributed by atoms with van der Waals surface area (Å²) in [6, 6.07) is 0.0175. The average molecular weight is 262 g/mol. The van der Waals surface area contributed by atoms with Gasteiger partial charge in [0, 0.05) is 13.1 Å². The van der Waals surface area contributed by atoms with Crippen LogP contribution in [0.5, 0.6) is 0 Å². The number of rotatable bonds is 6. The van der Waals surface area contributed by atoms with Crippen LogP contribution in [-0.2, 0) is 14.6 Å². The molecule has 1 N–H and O–H groups in total. The fraction of sp³-hybridized carbons (Fsp3) is 0.909. The molecule has 17 heavy (non-hydrogen) atoms. The van der Waals surface area contributed by atoms with E-state index in [1.807, 2.05) is 4.90 Å². The Balaban J connectivity index is 2.59. The predicted molar refractivity (Wildman–Crippen MR) is 67.6 cm³/mol. The molecule has 0 spiro atoms. The highest BCUT2D eigenvalue weighted by Crippen LogP contribution is 2.18.